The molecule has 0 bridgehead atoms. The number of rotatable bonds is 1. The highest BCUT2D eigenvalue weighted by atomic mass is 16.1. The topological polar surface area (TPSA) is 20.3 Å². The summed E-state index contributed by atoms with van der Waals surface area (Å²) in [5.41, 5.74) is 0. The molecule has 1 saturated heterocycles. The maximum absolute atomic E-state index is 10.1. The van der Waals surface area contributed by atoms with Crippen LogP contribution in [0.2, 0.25) is 0 Å². The average molecular weight is 112 g/mol. The maximum atomic E-state index is 10.1. The molecule has 45 valence electrons. The minimum atomic E-state index is 0.0926. The highest BCUT2D eigenvalue weighted by Crippen LogP contribution is 2.11. The molecule has 0 unspecified atom stereocenters. The summed E-state index contributed by atoms with van der Waals surface area (Å²) in [6.45, 7) is 1.06. The van der Waals surface area contributed by atoms with E-state index in [0.717, 1.165) is 19.4 Å². The highest BCUT2D eigenvalue weighted by molar-refractivity contribution is 5.58. The Labute approximate surface area is 49.5 Å². The van der Waals surface area contributed by atoms with Gasteiger partial charge < -0.3 is 0 Å². The highest BCUT2D eigenvalue weighted by Gasteiger charge is 2.19. The lowest BCUT2D eigenvalue weighted by Crippen LogP contribution is -2.25. The van der Waals surface area contributed by atoms with Crippen LogP contribution >= 0.6 is 0 Å². The van der Waals surface area contributed by atoms with Crippen LogP contribution in [0, 0.1) is 0 Å². The summed E-state index contributed by atoms with van der Waals surface area (Å²) in [7, 11) is 1.96. The number of likely N-dealkylation sites (tertiary alicyclic amines) is 1. The van der Waals surface area contributed by atoms with Gasteiger partial charge >= 0.3 is 0 Å². The molecule has 2 heteroatoms. The van der Waals surface area contributed by atoms with Gasteiger partial charge in [0.25, 0.3) is 0 Å². The molecule has 0 amide bonds. The zero-order valence-corrected chi connectivity index (χ0v) is 5.05. The zero-order chi connectivity index (χ0) is 5.98. The molecule has 1 aliphatic heterocycles. The summed E-state index contributed by atoms with van der Waals surface area (Å²) < 4.78 is 0. The molecule has 0 aromatic rings. The van der Waals surface area contributed by atoms with E-state index in [2.05, 4.69) is 0 Å². The monoisotopic (exact) mass is 112 g/mol. The van der Waals surface area contributed by atoms with E-state index in [1.54, 1.807) is 0 Å². The fourth-order valence-electron chi connectivity index (χ4n) is 1.06. The van der Waals surface area contributed by atoms with E-state index in [-0.39, 0.29) is 6.04 Å². The van der Waals surface area contributed by atoms with E-state index in [4.69, 9.17) is 0 Å². The first-order valence-electron chi connectivity index (χ1n) is 2.92. The second-order valence-corrected chi connectivity index (χ2v) is 2.26. The van der Waals surface area contributed by atoms with Crippen molar-refractivity contribution in [2.24, 2.45) is 0 Å². The Hall–Kier alpha value is -0.370. The molecule has 0 spiro atoms. The minimum absolute atomic E-state index is 0.0926. The van der Waals surface area contributed by atoms with Gasteiger partial charge in [0, 0.05) is 0 Å². The molecule has 0 aromatic heterocycles. The molecule has 0 saturated carbocycles. The molecule has 1 rings (SSSR count). The average Bonchev–Trinajstić information content (AvgIpc) is 2.14. The lowest BCUT2D eigenvalue weighted by atomic mass is 10.2. The number of carbonyl (C=O) groups excluding carboxylic acids is 1. The summed E-state index contributed by atoms with van der Waals surface area (Å²) in [6, 6.07) is 0.0926. The molecule has 2 nitrogen and oxygen atoms in total. The molecular formula is C6H10NO. The zero-order valence-electron chi connectivity index (χ0n) is 5.05. The van der Waals surface area contributed by atoms with Gasteiger partial charge in [-0.3, -0.25) is 9.69 Å². The van der Waals surface area contributed by atoms with Crippen molar-refractivity contribution in [2.45, 2.75) is 18.9 Å². The number of hydrogen-bond donors (Lipinski definition) is 0. The van der Waals surface area contributed by atoms with Gasteiger partial charge in [-0.25, -0.2) is 0 Å². The summed E-state index contributed by atoms with van der Waals surface area (Å²) in [5, 5.41) is 0. The first kappa shape index (κ1) is 5.76. The van der Waals surface area contributed by atoms with Crippen molar-refractivity contribution in [3.05, 3.63) is 0 Å². The fourth-order valence-corrected chi connectivity index (χ4v) is 1.06. The quantitative estimate of drug-likeness (QED) is 0.482. The minimum Gasteiger partial charge on any atom is -0.296 e. The predicted octanol–water partition coefficient (Wildman–Crippen LogP) is 0.190. The predicted molar refractivity (Wildman–Crippen MR) is 31.3 cm³/mol. The van der Waals surface area contributed by atoms with Crippen LogP contribution in [0.1, 0.15) is 12.8 Å². The normalized spacial score (nSPS) is 30.9. The van der Waals surface area contributed by atoms with Crippen LogP contribution in [0.15, 0.2) is 0 Å². The summed E-state index contributed by atoms with van der Waals surface area (Å²) in [4.78, 5) is 12.1. The summed E-state index contributed by atoms with van der Waals surface area (Å²) in [6.07, 6.45) is 4.14. The van der Waals surface area contributed by atoms with Crippen LogP contribution in [0.3, 0.4) is 0 Å². The second kappa shape index (κ2) is 2.27. The first-order chi connectivity index (χ1) is 3.84. The Kier molecular flexibility index (Phi) is 1.63. The molecule has 1 aliphatic rings. The fraction of sp³-hybridized carbons (Fsp3) is 0.833. The van der Waals surface area contributed by atoms with Crippen molar-refractivity contribution in [3.8, 4) is 0 Å². The molecule has 1 atom stereocenters. The Morgan fingerprint density at radius 1 is 1.75 bits per heavy atom. The Morgan fingerprint density at radius 3 is 2.75 bits per heavy atom. The van der Waals surface area contributed by atoms with Crippen molar-refractivity contribution in [3.63, 3.8) is 0 Å². The Morgan fingerprint density at radius 2 is 2.50 bits per heavy atom. The van der Waals surface area contributed by atoms with Crippen molar-refractivity contribution in [1.29, 1.82) is 0 Å². The van der Waals surface area contributed by atoms with Crippen molar-refractivity contribution < 1.29 is 4.79 Å². The van der Waals surface area contributed by atoms with Crippen LogP contribution in [0.4, 0.5) is 0 Å². The molecule has 8 heavy (non-hydrogen) atoms. The smallest absolute Gasteiger partial charge is 0.217 e. The van der Waals surface area contributed by atoms with Crippen LogP contribution in [-0.2, 0) is 4.79 Å². The lowest BCUT2D eigenvalue weighted by molar-refractivity contribution is 0.360. The molecule has 1 fully saturated rings. The molecule has 0 aromatic carbocycles. The third-order valence-electron chi connectivity index (χ3n) is 1.66. The van der Waals surface area contributed by atoms with Crippen molar-refractivity contribution in [1.82, 2.24) is 4.90 Å². The van der Waals surface area contributed by atoms with E-state index >= 15 is 0 Å². The third-order valence-corrected chi connectivity index (χ3v) is 1.66. The van der Waals surface area contributed by atoms with E-state index in [1.165, 1.54) is 0 Å². The van der Waals surface area contributed by atoms with E-state index < -0.39 is 0 Å². The molecule has 1 heterocycles. The number of likely N-dealkylation sites (N-methyl/N-ethyl adjacent to an activating group) is 1. The van der Waals surface area contributed by atoms with Gasteiger partial charge in [-0.05, 0) is 26.4 Å². The van der Waals surface area contributed by atoms with Gasteiger partial charge in [-0.2, -0.15) is 0 Å². The standard InChI is InChI=1S/C6H10NO/c1-7-4-2-3-6(7)5-8/h6H,2-4H2,1H3/t6-/m0/s1. The Balaban J connectivity index is 2.41. The van der Waals surface area contributed by atoms with Crippen LogP contribution in [-0.4, -0.2) is 30.8 Å². The summed E-state index contributed by atoms with van der Waals surface area (Å²) in [5.74, 6) is 0. The molecule has 0 N–H and O–H groups in total. The van der Waals surface area contributed by atoms with E-state index in [0.29, 0.717) is 0 Å². The number of nitrogens with zero attached hydrogens (tertiary/aromatic N) is 1. The van der Waals surface area contributed by atoms with E-state index in [9.17, 15) is 4.79 Å². The molecule has 0 aliphatic carbocycles. The molecule has 1 radical (unpaired) electrons. The van der Waals surface area contributed by atoms with Gasteiger partial charge in [-0.1, -0.05) is 0 Å². The second-order valence-electron chi connectivity index (χ2n) is 2.26. The SMILES string of the molecule is CN1CCC[C@H]1[C]=O. The Bertz CT molecular complexity index is 92.5. The maximum Gasteiger partial charge on any atom is 0.217 e. The van der Waals surface area contributed by atoms with Crippen molar-refractivity contribution >= 4 is 6.29 Å². The van der Waals surface area contributed by atoms with Crippen LogP contribution < -0.4 is 0 Å². The number of hydrogen-bond acceptors (Lipinski definition) is 2. The largest absolute Gasteiger partial charge is 0.296 e. The van der Waals surface area contributed by atoms with Gasteiger partial charge in [0.2, 0.25) is 6.29 Å². The lowest BCUT2D eigenvalue weighted by Gasteiger charge is -2.09. The van der Waals surface area contributed by atoms with Crippen LogP contribution in [0.25, 0.3) is 0 Å². The van der Waals surface area contributed by atoms with Gasteiger partial charge in [0.05, 0.1) is 6.04 Å². The van der Waals surface area contributed by atoms with Gasteiger partial charge in [0.1, 0.15) is 0 Å². The van der Waals surface area contributed by atoms with Gasteiger partial charge in [-0.15, -0.1) is 0 Å². The summed E-state index contributed by atoms with van der Waals surface area (Å²) >= 11 is 0. The molecular weight excluding hydrogens is 102 g/mol. The van der Waals surface area contributed by atoms with Gasteiger partial charge in [0.15, 0.2) is 0 Å². The first-order valence-corrected chi connectivity index (χ1v) is 2.92. The van der Waals surface area contributed by atoms with E-state index in [1.807, 2.05) is 18.2 Å². The van der Waals surface area contributed by atoms with Crippen molar-refractivity contribution in [2.75, 3.05) is 13.6 Å². The third kappa shape index (κ3) is 0.892. The van der Waals surface area contributed by atoms with Crippen LogP contribution in [0.5, 0.6) is 0 Å².